The number of hydrogen-bond donors (Lipinski definition) is 2. The second-order valence-electron chi connectivity index (χ2n) is 6.98. The fourth-order valence-electron chi connectivity index (χ4n) is 2.79. The third-order valence-corrected chi connectivity index (χ3v) is 5.32. The molecule has 0 heterocycles. The molecule has 0 fully saturated rings. The van der Waals surface area contributed by atoms with E-state index in [2.05, 4.69) is 28.0 Å². The van der Waals surface area contributed by atoms with Crippen LogP contribution >= 0.6 is 0 Å². The van der Waals surface area contributed by atoms with Crippen molar-refractivity contribution in [3.63, 3.8) is 0 Å². The first kappa shape index (κ1) is 25.6. The van der Waals surface area contributed by atoms with Crippen LogP contribution in [-0.2, 0) is 14.5 Å². The molecule has 0 aliphatic heterocycles. The number of aliphatic hydroxyl groups is 1. The van der Waals surface area contributed by atoms with Crippen LogP contribution < -0.4 is 4.72 Å². The predicted octanol–water partition coefficient (Wildman–Crippen LogP) is 5.21. The van der Waals surface area contributed by atoms with E-state index in [-0.39, 0.29) is 0 Å². The van der Waals surface area contributed by atoms with Gasteiger partial charge in [-0.25, -0.2) is 4.18 Å². The van der Waals surface area contributed by atoms with Gasteiger partial charge in [-0.2, -0.15) is 13.1 Å². The lowest BCUT2D eigenvalue weighted by atomic mass is 10.1. The van der Waals surface area contributed by atoms with Gasteiger partial charge in [0.25, 0.3) is 0 Å². The van der Waals surface area contributed by atoms with Crippen molar-refractivity contribution in [3.05, 3.63) is 12.2 Å². The highest BCUT2D eigenvalue weighted by Crippen LogP contribution is 2.09. The molecule has 6 heteroatoms. The van der Waals surface area contributed by atoms with Crippen molar-refractivity contribution >= 4 is 10.3 Å². The van der Waals surface area contributed by atoms with Crippen LogP contribution in [0.15, 0.2) is 12.2 Å². The number of aliphatic hydroxyl groups excluding tert-OH is 1. The molecule has 0 aromatic heterocycles. The zero-order valence-electron chi connectivity index (χ0n) is 16.9. The lowest BCUT2D eigenvalue weighted by molar-refractivity contribution is 0.00411. The maximum atomic E-state index is 11.3. The summed E-state index contributed by atoms with van der Waals surface area (Å²) >= 11 is 0. The molecule has 1 atom stereocenters. The third kappa shape index (κ3) is 19.9. The summed E-state index contributed by atoms with van der Waals surface area (Å²) in [5.41, 5.74) is 0. The van der Waals surface area contributed by atoms with Crippen LogP contribution in [0.3, 0.4) is 0 Å². The number of allylic oxidation sites excluding steroid dienone is 2. The summed E-state index contributed by atoms with van der Waals surface area (Å²) in [4.78, 5) is 0. The molecule has 156 valence electrons. The molecule has 1 unspecified atom stereocenters. The van der Waals surface area contributed by atoms with E-state index in [1.165, 1.54) is 77.6 Å². The standard InChI is InChI=1S/C20H41NO4S/c1-3-4-5-6-7-8-9-10-11-12-13-14-15-16-17-18-19-21-26(23,24)25-20(2)22/h10-11,20-22H,3-9,12-19H2,1-2H3/b11-10-. The van der Waals surface area contributed by atoms with Crippen LogP contribution in [-0.4, -0.2) is 26.4 Å². The Morgan fingerprint density at radius 1 is 0.846 bits per heavy atom. The lowest BCUT2D eigenvalue weighted by Gasteiger charge is -2.08. The van der Waals surface area contributed by atoms with Crippen LogP contribution in [0.4, 0.5) is 0 Å². The van der Waals surface area contributed by atoms with E-state index < -0.39 is 16.6 Å². The molecule has 0 aliphatic carbocycles. The first-order valence-electron chi connectivity index (χ1n) is 10.5. The van der Waals surface area contributed by atoms with Crippen molar-refractivity contribution in [1.82, 2.24) is 4.72 Å². The normalized spacial score (nSPS) is 13.5. The first-order valence-corrected chi connectivity index (χ1v) is 11.9. The molecular weight excluding hydrogens is 350 g/mol. The van der Waals surface area contributed by atoms with Crippen LogP contribution in [0.2, 0.25) is 0 Å². The van der Waals surface area contributed by atoms with Crippen molar-refractivity contribution in [2.45, 2.75) is 110 Å². The van der Waals surface area contributed by atoms with Crippen LogP contribution in [0.1, 0.15) is 104 Å². The molecule has 0 spiro atoms. The number of rotatable bonds is 19. The Hall–Kier alpha value is -0.430. The molecule has 0 aromatic carbocycles. The van der Waals surface area contributed by atoms with Crippen LogP contribution in [0.25, 0.3) is 0 Å². The Bertz CT molecular complexity index is 422. The molecule has 2 N–H and O–H groups in total. The van der Waals surface area contributed by atoms with Gasteiger partial charge in [0, 0.05) is 6.54 Å². The minimum atomic E-state index is -3.81. The Labute approximate surface area is 161 Å². The summed E-state index contributed by atoms with van der Waals surface area (Å²) in [5.74, 6) is 0. The van der Waals surface area contributed by atoms with E-state index >= 15 is 0 Å². The van der Waals surface area contributed by atoms with Gasteiger partial charge in [0.1, 0.15) is 0 Å². The van der Waals surface area contributed by atoms with E-state index in [0.717, 1.165) is 19.3 Å². The van der Waals surface area contributed by atoms with Gasteiger partial charge in [-0.15, -0.1) is 0 Å². The molecule has 5 nitrogen and oxygen atoms in total. The van der Waals surface area contributed by atoms with Gasteiger partial charge in [-0.3, -0.25) is 0 Å². The summed E-state index contributed by atoms with van der Waals surface area (Å²) in [6.07, 6.45) is 20.5. The summed E-state index contributed by atoms with van der Waals surface area (Å²) < 4.78 is 29.3. The highest BCUT2D eigenvalue weighted by atomic mass is 32.2. The molecule has 0 bridgehead atoms. The largest absolute Gasteiger partial charge is 0.367 e. The highest BCUT2D eigenvalue weighted by Gasteiger charge is 2.12. The average molecular weight is 392 g/mol. The molecule has 0 radical (unpaired) electrons. The van der Waals surface area contributed by atoms with Gasteiger partial charge >= 0.3 is 10.3 Å². The Kier molecular flexibility index (Phi) is 17.7. The summed E-state index contributed by atoms with van der Waals surface area (Å²) in [6, 6.07) is 0. The van der Waals surface area contributed by atoms with Crippen molar-refractivity contribution in [2.75, 3.05) is 6.54 Å². The van der Waals surface area contributed by atoms with E-state index in [1.807, 2.05) is 0 Å². The predicted molar refractivity (Wildman–Crippen MR) is 109 cm³/mol. The minimum absolute atomic E-state index is 0.357. The summed E-state index contributed by atoms with van der Waals surface area (Å²) in [7, 11) is -3.81. The maximum Gasteiger partial charge on any atom is 0.338 e. The van der Waals surface area contributed by atoms with E-state index in [1.54, 1.807) is 0 Å². The van der Waals surface area contributed by atoms with Crippen molar-refractivity contribution in [3.8, 4) is 0 Å². The van der Waals surface area contributed by atoms with Crippen molar-refractivity contribution < 1.29 is 17.7 Å². The summed E-state index contributed by atoms with van der Waals surface area (Å²) in [6.45, 7) is 3.88. The fourth-order valence-corrected chi connectivity index (χ4v) is 3.62. The van der Waals surface area contributed by atoms with E-state index in [0.29, 0.717) is 6.54 Å². The minimum Gasteiger partial charge on any atom is -0.367 e. The molecular formula is C20H41NO4S. The Morgan fingerprint density at radius 2 is 1.31 bits per heavy atom. The maximum absolute atomic E-state index is 11.3. The smallest absolute Gasteiger partial charge is 0.338 e. The lowest BCUT2D eigenvalue weighted by Crippen LogP contribution is -2.29. The van der Waals surface area contributed by atoms with Gasteiger partial charge in [0.2, 0.25) is 0 Å². The molecule has 0 aliphatic rings. The number of unbranched alkanes of at least 4 members (excludes halogenated alkanes) is 12. The second kappa shape index (κ2) is 18.0. The second-order valence-corrected chi connectivity index (χ2v) is 8.37. The zero-order valence-corrected chi connectivity index (χ0v) is 17.7. The van der Waals surface area contributed by atoms with Crippen molar-refractivity contribution in [1.29, 1.82) is 0 Å². The SMILES string of the molecule is CCCCCCCC/C=C\CCCCCCCCNS(=O)(=O)OC(C)O. The van der Waals surface area contributed by atoms with E-state index in [9.17, 15) is 8.42 Å². The molecule has 26 heavy (non-hydrogen) atoms. The first-order chi connectivity index (χ1) is 12.5. The molecule has 0 saturated carbocycles. The van der Waals surface area contributed by atoms with Crippen LogP contribution in [0.5, 0.6) is 0 Å². The molecule has 0 aromatic rings. The topological polar surface area (TPSA) is 75.6 Å². The monoisotopic (exact) mass is 391 g/mol. The Balaban J connectivity index is 3.28. The van der Waals surface area contributed by atoms with E-state index in [4.69, 9.17) is 5.11 Å². The van der Waals surface area contributed by atoms with Gasteiger partial charge in [0.05, 0.1) is 0 Å². The number of nitrogens with one attached hydrogen (secondary N) is 1. The third-order valence-electron chi connectivity index (χ3n) is 4.23. The average Bonchev–Trinajstić information content (AvgIpc) is 2.56. The van der Waals surface area contributed by atoms with Gasteiger partial charge < -0.3 is 5.11 Å². The fraction of sp³-hybridized carbons (Fsp3) is 0.900. The van der Waals surface area contributed by atoms with Gasteiger partial charge in [0.15, 0.2) is 6.29 Å². The highest BCUT2D eigenvalue weighted by molar-refractivity contribution is 7.84. The van der Waals surface area contributed by atoms with Crippen LogP contribution in [0, 0.1) is 0 Å². The summed E-state index contributed by atoms with van der Waals surface area (Å²) in [5, 5.41) is 8.89. The zero-order chi connectivity index (χ0) is 19.5. The van der Waals surface area contributed by atoms with Gasteiger partial charge in [-0.05, 0) is 39.0 Å². The molecule has 0 amide bonds. The Morgan fingerprint density at radius 3 is 1.81 bits per heavy atom. The van der Waals surface area contributed by atoms with Gasteiger partial charge in [-0.1, -0.05) is 76.9 Å². The quantitative estimate of drug-likeness (QED) is 0.180. The van der Waals surface area contributed by atoms with Crippen molar-refractivity contribution in [2.24, 2.45) is 0 Å². The molecule has 0 rings (SSSR count). The molecule has 0 saturated heterocycles. The number of hydrogen-bond acceptors (Lipinski definition) is 4.